The topological polar surface area (TPSA) is 0 Å². The van der Waals surface area contributed by atoms with Crippen LogP contribution < -0.4 is 0 Å². The van der Waals surface area contributed by atoms with E-state index in [0.29, 0.717) is 0 Å². The number of hydrogen-bond acceptors (Lipinski definition) is 0. The van der Waals surface area contributed by atoms with Gasteiger partial charge in [0.05, 0.1) is 0 Å². The molecule has 0 saturated heterocycles. The van der Waals surface area contributed by atoms with Crippen molar-refractivity contribution in [2.45, 2.75) is 40.0 Å². The summed E-state index contributed by atoms with van der Waals surface area (Å²) in [6.07, 6.45) is 3.49. The molecular weight excluding hydrogens is 348 g/mol. The van der Waals surface area contributed by atoms with Gasteiger partial charge >= 0.3 is 0 Å². The van der Waals surface area contributed by atoms with Gasteiger partial charge in [-0.3, -0.25) is 0 Å². The molecule has 2 aliphatic carbocycles. The molecule has 3 aromatic carbocycles. The fourth-order valence-electron chi connectivity index (χ4n) is 5.29. The first-order valence-corrected chi connectivity index (χ1v) is 10.6. The van der Waals surface area contributed by atoms with Gasteiger partial charge < -0.3 is 0 Å². The van der Waals surface area contributed by atoms with Gasteiger partial charge in [-0.05, 0) is 63.3 Å². The van der Waals surface area contributed by atoms with Crippen LogP contribution >= 0.6 is 0 Å². The highest BCUT2D eigenvalue weighted by Gasteiger charge is 2.38. The van der Waals surface area contributed by atoms with Crippen molar-refractivity contribution in [2.75, 3.05) is 0 Å². The van der Waals surface area contributed by atoms with Crippen molar-refractivity contribution in [2.24, 2.45) is 5.41 Å². The molecule has 5 rings (SSSR count). The van der Waals surface area contributed by atoms with E-state index in [2.05, 4.69) is 107 Å². The van der Waals surface area contributed by atoms with Crippen LogP contribution in [0.15, 0.2) is 78.4 Å². The van der Waals surface area contributed by atoms with Gasteiger partial charge in [0.25, 0.3) is 0 Å². The largest absolute Gasteiger partial charge is 0.0683 e. The number of hydrogen-bond donors (Lipinski definition) is 0. The third-order valence-electron chi connectivity index (χ3n) is 6.34. The van der Waals surface area contributed by atoms with E-state index in [4.69, 9.17) is 0 Å². The van der Waals surface area contributed by atoms with E-state index in [-0.39, 0.29) is 11.3 Å². The SMILES string of the molecule is CC1=Cc2c(cccc2C2C(c3ccccc3)=C(C(C)(C)C)c3ccccc32)C1. The molecule has 0 heteroatoms. The molecule has 2 aliphatic rings. The normalized spacial score (nSPS) is 17.9. The predicted molar refractivity (Wildman–Crippen MR) is 125 cm³/mol. The molecule has 0 nitrogen and oxygen atoms in total. The molecule has 0 bridgehead atoms. The van der Waals surface area contributed by atoms with Gasteiger partial charge in [-0.25, -0.2) is 0 Å². The molecule has 0 heterocycles. The number of rotatable bonds is 2. The van der Waals surface area contributed by atoms with Crippen molar-refractivity contribution in [3.63, 3.8) is 0 Å². The Morgan fingerprint density at radius 2 is 1.45 bits per heavy atom. The Morgan fingerprint density at radius 3 is 2.21 bits per heavy atom. The van der Waals surface area contributed by atoms with Crippen molar-refractivity contribution >= 4 is 17.2 Å². The molecule has 0 fully saturated rings. The third kappa shape index (κ3) is 2.90. The van der Waals surface area contributed by atoms with Gasteiger partial charge in [-0.1, -0.05) is 105 Å². The zero-order chi connectivity index (χ0) is 20.2. The molecule has 0 amide bonds. The van der Waals surface area contributed by atoms with Crippen molar-refractivity contribution in [3.05, 3.63) is 112 Å². The minimum absolute atomic E-state index is 0.0692. The zero-order valence-corrected chi connectivity index (χ0v) is 17.8. The highest BCUT2D eigenvalue weighted by atomic mass is 14.4. The first kappa shape index (κ1) is 18.2. The van der Waals surface area contributed by atoms with E-state index in [9.17, 15) is 0 Å². The van der Waals surface area contributed by atoms with Crippen LogP contribution in [-0.2, 0) is 6.42 Å². The first-order chi connectivity index (χ1) is 13.9. The second-order valence-corrected chi connectivity index (χ2v) is 9.51. The number of fused-ring (bicyclic) bond motifs is 2. The molecule has 0 spiro atoms. The maximum absolute atomic E-state index is 2.41. The van der Waals surface area contributed by atoms with Gasteiger partial charge in [0, 0.05) is 5.92 Å². The van der Waals surface area contributed by atoms with Crippen LogP contribution in [-0.4, -0.2) is 0 Å². The fraction of sp³-hybridized carbons (Fsp3) is 0.241. The second kappa shape index (κ2) is 6.59. The lowest BCUT2D eigenvalue weighted by atomic mass is 9.78. The van der Waals surface area contributed by atoms with Gasteiger partial charge in [0.2, 0.25) is 0 Å². The Balaban J connectivity index is 1.85. The maximum Gasteiger partial charge on any atom is 0.0361 e. The number of benzene rings is 3. The first-order valence-electron chi connectivity index (χ1n) is 10.6. The summed E-state index contributed by atoms with van der Waals surface area (Å²) in [4.78, 5) is 0. The molecule has 0 aromatic heterocycles. The quantitative estimate of drug-likeness (QED) is 0.429. The molecule has 1 unspecified atom stereocenters. The molecule has 0 aliphatic heterocycles. The smallest absolute Gasteiger partial charge is 0.0361 e. The Bertz CT molecular complexity index is 1150. The van der Waals surface area contributed by atoms with Crippen LogP contribution in [0.3, 0.4) is 0 Å². The van der Waals surface area contributed by atoms with Gasteiger partial charge in [-0.2, -0.15) is 0 Å². The summed E-state index contributed by atoms with van der Waals surface area (Å²) >= 11 is 0. The summed E-state index contributed by atoms with van der Waals surface area (Å²) in [6, 6.07) is 27.0. The summed E-state index contributed by atoms with van der Waals surface area (Å²) in [6.45, 7) is 9.30. The molecule has 0 saturated carbocycles. The average Bonchev–Trinajstić information content (AvgIpc) is 3.25. The van der Waals surface area contributed by atoms with E-state index in [1.807, 2.05) is 0 Å². The van der Waals surface area contributed by atoms with Crippen molar-refractivity contribution in [3.8, 4) is 0 Å². The lowest BCUT2D eigenvalue weighted by Gasteiger charge is -2.26. The van der Waals surface area contributed by atoms with E-state index in [1.165, 1.54) is 50.1 Å². The van der Waals surface area contributed by atoms with Crippen LogP contribution in [0.2, 0.25) is 0 Å². The molecular formula is C29H28. The molecule has 0 N–H and O–H groups in total. The summed E-state index contributed by atoms with van der Waals surface area (Å²) in [5.41, 5.74) is 13.1. The molecule has 29 heavy (non-hydrogen) atoms. The maximum atomic E-state index is 2.41. The van der Waals surface area contributed by atoms with Crippen molar-refractivity contribution in [1.82, 2.24) is 0 Å². The van der Waals surface area contributed by atoms with E-state index in [1.54, 1.807) is 0 Å². The zero-order valence-electron chi connectivity index (χ0n) is 17.8. The second-order valence-electron chi connectivity index (χ2n) is 9.51. The minimum atomic E-state index is 0.0692. The van der Waals surface area contributed by atoms with Crippen LogP contribution in [0.4, 0.5) is 0 Å². The van der Waals surface area contributed by atoms with E-state index < -0.39 is 0 Å². The lowest BCUT2D eigenvalue weighted by Crippen LogP contribution is -2.09. The Kier molecular flexibility index (Phi) is 4.13. The van der Waals surface area contributed by atoms with Crippen LogP contribution in [0.25, 0.3) is 17.2 Å². The van der Waals surface area contributed by atoms with Gasteiger partial charge in [0.15, 0.2) is 0 Å². The predicted octanol–water partition coefficient (Wildman–Crippen LogP) is 7.75. The van der Waals surface area contributed by atoms with E-state index in [0.717, 1.165) is 6.42 Å². The van der Waals surface area contributed by atoms with Crippen LogP contribution in [0.5, 0.6) is 0 Å². The summed E-state index contributed by atoms with van der Waals surface area (Å²) in [7, 11) is 0. The standard InChI is InChI=1S/C29H28/c1-19-17-21-13-10-16-23(25(21)18-19)27-22-14-8-9-15-24(22)28(29(2,3)4)26(27)20-11-6-5-7-12-20/h5-16,18,27H,17H2,1-4H3. The monoisotopic (exact) mass is 376 g/mol. The van der Waals surface area contributed by atoms with E-state index >= 15 is 0 Å². The van der Waals surface area contributed by atoms with Gasteiger partial charge in [-0.15, -0.1) is 0 Å². The molecule has 0 radical (unpaired) electrons. The fourth-order valence-corrected chi connectivity index (χ4v) is 5.29. The molecule has 3 aromatic rings. The lowest BCUT2D eigenvalue weighted by molar-refractivity contribution is 0.569. The third-order valence-corrected chi connectivity index (χ3v) is 6.34. The van der Waals surface area contributed by atoms with Crippen molar-refractivity contribution < 1.29 is 0 Å². The van der Waals surface area contributed by atoms with Crippen molar-refractivity contribution in [1.29, 1.82) is 0 Å². The van der Waals surface area contributed by atoms with Gasteiger partial charge in [0.1, 0.15) is 0 Å². The van der Waals surface area contributed by atoms with Crippen LogP contribution in [0, 0.1) is 5.41 Å². The van der Waals surface area contributed by atoms with Crippen LogP contribution in [0.1, 0.15) is 67.0 Å². The highest BCUT2D eigenvalue weighted by molar-refractivity contribution is 6.03. The highest BCUT2D eigenvalue weighted by Crippen LogP contribution is 2.56. The molecule has 144 valence electrons. The Morgan fingerprint density at radius 1 is 0.759 bits per heavy atom. The Labute approximate surface area is 174 Å². The summed E-state index contributed by atoms with van der Waals surface area (Å²) < 4.78 is 0. The minimum Gasteiger partial charge on any atom is -0.0683 e. The Hall–Kier alpha value is -2.86. The summed E-state index contributed by atoms with van der Waals surface area (Å²) in [5, 5.41) is 0. The number of allylic oxidation sites excluding steroid dienone is 3. The molecule has 1 atom stereocenters. The summed E-state index contributed by atoms with van der Waals surface area (Å²) in [5.74, 6) is 0.278. The average molecular weight is 377 g/mol.